The smallest absolute Gasteiger partial charge is 0.310 e. The Hall–Kier alpha value is -3.15. The van der Waals surface area contributed by atoms with E-state index in [1.165, 1.54) is 193 Å². The Bertz CT molecular complexity index is 1320. The van der Waals surface area contributed by atoms with Crippen molar-refractivity contribution in [2.75, 3.05) is 13.2 Å². The van der Waals surface area contributed by atoms with Crippen LogP contribution in [0.25, 0.3) is 0 Å². The SMILES string of the molecule is CC/C=C\C/C=C\C/C=C\C/C=C\C/C=C\CC(=O)OC(COC(=O)CCCCCCCCCCC)COC(=O)CCCCCCCCCCCCCCCCCCC/C=C\CCCCCCCCCC. The summed E-state index contributed by atoms with van der Waals surface area (Å²) < 4.78 is 16.7. The fourth-order valence-corrected chi connectivity index (χ4v) is 8.69. The largest absolute Gasteiger partial charge is 0.462 e. The van der Waals surface area contributed by atoms with Crippen LogP contribution >= 0.6 is 0 Å². The maximum atomic E-state index is 12.8. The molecule has 0 fully saturated rings. The quantitative estimate of drug-likeness (QED) is 0.0261. The standard InChI is InChI=1S/C65H114O6/c1-4-7-10-13-16-19-21-23-25-26-27-28-29-30-31-32-33-34-35-36-37-38-40-41-43-46-49-52-55-58-64(67)70-61-62(60-69-63(66)57-54-51-48-45-18-15-12-9-6-3)71-65(68)59-56-53-50-47-44-42-39-24-22-20-17-14-11-8-5-2/h8,11,17,20,24,26-27,39,44,47,53,56,62H,4-7,9-10,12-16,18-19,21-23,25,28-38,40-43,45-46,48-52,54-55,57-61H2,1-3H3/b11-8-,20-17-,27-26-,39-24-,47-44-,56-53-. The highest BCUT2D eigenvalue weighted by Crippen LogP contribution is 2.17. The minimum absolute atomic E-state index is 0.0999. The van der Waals surface area contributed by atoms with E-state index in [2.05, 4.69) is 81.5 Å². The van der Waals surface area contributed by atoms with Gasteiger partial charge in [-0.3, -0.25) is 14.4 Å². The molecular weight excluding hydrogens is 877 g/mol. The van der Waals surface area contributed by atoms with Crippen molar-refractivity contribution >= 4 is 17.9 Å². The van der Waals surface area contributed by atoms with Gasteiger partial charge in [-0.05, 0) is 70.6 Å². The van der Waals surface area contributed by atoms with Crippen LogP contribution in [0.2, 0.25) is 0 Å². The molecule has 410 valence electrons. The van der Waals surface area contributed by atoms with Crippen molar-refractivity contribution in [3.63, 3.8) is 0 Å². The number of rotatable bonds is 55. The zero-order valence-corrected chi connectivity index (χ0v) is 47.0. The van der Waals surface area contributed by atoms with Crippen molar-refractivity contribution in [1.82, 2.24) is 0 Å². The number of hydrogen-bond donors (Lipinski definition) is 0. The van der Waals surface area contributed by atoms with E-state index in [0.717, 1.165) is 70.6 Å². The Morgan fingerprint density at radius 1 is 0.310 bits per heavy atom. The summed E-state index contributed by atoms with van der Waals surface area (Å²) in [5.74, 6) is -1.04. The average Bonchev–Trinajstić information content (AvgIpc) is 3.37. The van der Waals surface area contributed by atoms with Crippen LogP contribution in [0.1, 0.15) is 303 Å². The van der Waals surface area contributed by atoms with Crippen LogP contribution in [-0.2, 0) is 28.6 Å². The lowest BCUT2D eigenvalue weighted by Gasteiger charge is -2.18. The van der Waals surface area contributed by atoms with E-state index < -0.39 is 12.1 Å². The molecule has 0 N–H and O–H groups in total. The molecule has 0 spiro atoms. The summed E-state index contributed by atoms with van der Waals surface area (Å²) >= 11 is 0. The molecule has 0 saturated carbocycles. The van der Waals surface area contributed by atoms with Gasteiger partial charge >= 0.3 is 17.9 Å². The molecule has 0 saturated heterocycles. The first-order valence-electron chi connectivity index (χ1n) is 30.4. The third-order valence-electron chi connectivity index (χ3n) is 13.2. The zero-order chi connectivity index (χ0) is 51.4. The fourth-order valence-electron chi connectivity index (χ4n) is 8.69. The molecule has 0 aliphatic carbocycles. The van der Waals surface area contributed by atoms with Crippen LogP contribution in [-0.4, -0.2) is 37.2 Å². The lowest BCUT2D eigenvalue weighted by atomic mass is 10.0. The van der Waals surface area contributed by atoms with Gasteiger partial charge in [-0.25, -0.2) is 0 Å². The molecule has 0 aliphatic rings. The summed E-state index contributed by atoms with van der Waals surface area (Å²) in [6.45, 7) is 6.44. The molecule has 0 aromatic carbocycles. The van der Waals surface area contributed by atoms with Gasteiger partial charge in [0.1, 0.15) is 13.2 Å². The predicted octanol–water partition coefficient (Wildman–Crippen LogP) is 20.5. The number of carbonyl (C=O) groups is 3. The maximum Gasteiger partial charge on any atom is 0.310 e. The van der Waals surface area contributed by atoms with Crippen LogP contribution in [0.15, 0.2) is 72.9 Å². The number of unbranched alkanes of at least 4 members (excludes halogenated alkanes) is 33. The number of ether oxygens (including phenoxy) is 3. The second-order valence-corrected chi connectivity index (χ2v) is 20.3. The first kappa shape index (κ1) is 67.8. The molecule has 6 nitrogen and oxygen atoms in total. The highest BCUT2D eigenvalue weighted by molar-refractivity contribution is 5.72. The number of hydrogen-bond acceptors (Lipinski definition) is 6. The van der Waals surface area contributed by atoms with Crippen molar-refractivity contribution in [3.8, 4) is 0 Å². The van der Waals surface area contributed by atoms with E-state index in [1.54, 1.807) is 6.08 Å². The molecule has 0 aromatic rings. The summed E-state index contributed by atoms with van der Waals surface area (Å²) in [6.07, 6.45) is 76.8. The van der Waals surface area contributed by atoms with Crippen molar-refractivity contribution in [3.05, 3.63) is 72.9 Å². The number of allylic oxidation sites excluding steroid dienone is 11. The minimum Gasteiger partial charge on any atom is -0.462 e. The molecule has 0 amide bonds. The summed E-state index contributed by atoms with van der Waals surface area (Å²) in [5, 5.41) is 0. The molecule has 0 radical (unpaired) electrons. The van der Waals surface area contributed by atoms with Crippen molar-refractivity contribution in [2.45, 2.75) is 309 Å². The minimum atomic E-state index is -0.826. The maximum absolute atomic E-state index is 12.8. The summed E-state index contributed by atoms with van der Waals surface area (Å²) in [6, 6.07) is 0. The van der Waals surface area contributed by atoms with E-state index in [1.807, 2.05) is 6.08 Å². The van der Waals surface area contributed by atoms with Crippen LogP contribution in [0.5, 0.6) is 0 Å². The third-order valence-corrected chi connectivity index (χ3v) is 13.2. The van der Waals surface area contributed by atoms with E-state index in [0.29, 0.717) is 12.8 Å². The number of esters is 3. The van der Waals surface area contributed by atoms with Crippen LogP contribution in [0.3, 0.4) is 0 Å². The monoisotopic (exact) mass is 991 g/mol. The third kappa shape index (κ3) is 57.6. The van der Waals surface area contributed by atoms with E-state index in [-0.39, 0.29) is 31.6 Å². The average molecular weight is 992 g/mol. The van der Waals surface area contributed by atoms with Gasteiger partial charge in [-0.15, -0.1) is 0 Å². The van der Waals surface area contributed by atoms with Gasteiger partial charge < -0.3 is 14.2 Å². The molecule has 6 heteroatoms. The Balaban J connectivity index is 4.16. The molecule has 71 heavy (non-hydrogen) atoms. The van der Waals surface area contributed by atoms with Gasteiger partial charge in [0, 0.05) is 12.8 Å². The van der Waals surface area contributed by atoms with Gasteiger partial charge in [-0.1, -0.05) is 286 Å². The topological polar surface area (TPSA) is 78.9 Å². The van der Waals surface area contributed by atoms with Crippen molar-refractivity contribution < 1.29 is 28.6 Å². The molecule has 0 aromatic heterocycles. The first-order valence-corrected chi connectivity index (χ1v) is 30.4. The lowest BCUT2D eigenvalue weighted by Crippen LogP contribution is -2.30. The Labute approximate surface area is 440 Å². The van der Waals surface area contributed by atoms with Crippen molar-refractivity contribution in [2.24, 2.45) is 0 Å². The molecule has 0 rings (SSSR count). The summed E-state index contributed by atoms with van der Waals surface area (Å²) in [4.78, 5) is 38.0. The Morgan fingerprint density at radius 2 is 0.592 bits per heavy atom. The Morgan fingerprint density at radius 3 is 0.915 bits per heavy atom. The predicted molar refractivity (Wildman–Crippen MR) is 307 cm³/mol. The highest BCUT2D eigenvalue weighted by Gasteiger charge is 2.19. The molecule has 0 heterocycles. The fraction of sp³-hybridized carbons (Fsp3) is 0.769. The zero-order valence-electron chi connectivity index (χ0n) is 47.0. The molecule has 1 unspecified atom stereocenters. The second kappa shape index (κ2) is 59.4. The summed E-state index contributed by atoms with van der Waals surface area (Å²) in [7, 11) is 0. The number of carbonyl (C=O) groups excluding carboxylic acids is 3. The second-order valence-electron chi connectivity index (χ2n) is 20.3. The molecule has 0 bridgehead atoms. The van der Waals surface area contributed by atoms with Crippen molar-refractivity contribution in [1.29, 1.82) is 0 Å². The van der Waals surface area contributed by atoms with Gasteiger partial charge in [0.2, 0.25) is 0 Å². The van der Waals surface area contributed by atoms with Crippen LogP contribution in [0, 0.1) is 0 Å². The van der Waals surface area contributed by atoms with E-state index in [9.17, 15) is 14.4 Å². The normalized spacial score (nSPS) is 12.5. The lowest BCUT2D eigenvalue weighted by molar-refractivity contribution is -0.166. The van der Waals surface area contributed by atoms with Gasteiger partial charge in [0.05, 0.1) is 6.42 Å². The van der Waals surface area contributed by atoms with Crippen LogP contribution in [0.4, 0.5) is 0 Å². The summed E-state index contributed by atoms with van der Waals surface area (Å²) in [5.41, 5.74) is 0. The van der Waals surface area contributed by atoms with Gasteiger partial charge in [0.25, 0.3) is 0 Å². The molecule has 1 atom stereocenters. The van der Waals surface area contributed by atoms with Gasteiger partial charge in [-0.2, -0.15) is 0 Å². The highest BCUT2D eigenvalue weighted by atomic mass is 16.6. The van der Waals surface area contributed by atoms with E-state index in [4.69, 9.17) is 14.2 Å². The van der Waals surface area contributed by atoms with Gasteiger partial charge in [0.15, 0.2) is 6.10 Å². The Kier molecular flexibility index (Phi) is 56.8. The molecular formula is C65H114O6. The van der Waals surface area contributed by atoms with E-state index >= 15 is 0 Å². The molecule has 0 aliphatic heterocycles. The van der Waals surface area contributed by atoms with Crippen LogP contribution < -0.4 is 0 Å². The first-order chi connectivity index (χ1) is 35.0.